The van der Waals surface area contributed by atoms with Crippen molar-refractivity contribution in [2.45, 2.75) is 18.3 Å². The van der Waals surface area contributed by atoms with Gasteiger partial charge in [-0.1, -0.05) is 6.58 Å². The molecule has 0 radical (unpaired) electrons. The Kier molecular flexibility index (Phi) is 7.30. The highest BCUT2D eigenvalue weighted by molar-refractivity contribution is 5.64. The van der Waals surface area contributed by atoms with Crippen molar-refractivity contribution in [2.24, 2.45) is 5.41 Å². The molecule has 1 saturated heterocycles. The van der Waals surface area contributed by atoms with E-state index in [-0.39, 0.29) is 25.4 Å². The van der Waals surface area contributed by atoms with Crippen LogP contribution < -0.4 is 37.9 Å². The Labute approximate surface area is 267 Å². The van der Waals surface area contributed by atoms with Gasteiger partial charge in [0.2, 0.25) is 25.1 Å². The zero-order valence-electron chi connectivity index (χ0n) is 26.7. The van der Waals surface area contributed by atoms with Crippen molar-refractivity contribution in [3.8, 4) is 46.0 Å². The van der Waals surface area contributed by atoms with Crippen molar-refractivity contribution in [1.82, 2.24) is 0 Å². The summed E-state index contributed by atoms with van der Waals surface area (Å²) in [7, 11) is 9.65. The average Bonchev–Trinajstić information content (AvgIpc) is 3.74. The lowest BCUT2D eigenvalue weighted by molar-refractivity contribution is 0.0973. The summed E-state index contributed by atoms with van der Waals surface area (Å²) in [6.45, 7) is 4.94. The van der Waals surface area contributed by atoms with E-state index in [0.29, 0.717) is 63.9 Å². The predicted molar refractivity (Wildman–Crippen MR) is 168 cm³/mol. The molecule has 10 heteroatoms. The van der Waals surface area contributed by atoms with Gasteiger partial charge in [-0.25, -0.2) is 0 Å². The molecule has 2 aliphatic heterocycles. The minimum Gasteiger partial charge on any atom is -0.493 e. The van der Waals surface area contributed by atoms with Crippen molar-refractivity contribution in [2.75, 3.05) is 56.2 Å². The van der Waals surface area contributed by atoms with E-state index in [2.05, 4.69) is 24.8 Å². The van der Waals surface area contributed by atoms with Crippen LogP contribution in [0.2, 0.25) is 0 Å². The standard InChI is InChI=1S/C36H36O10/c1-19-8-24-31(46-18-43-24)16-36(19)15-22-13-25-26(45-17-44-25)14-23(22)32(20-9-27(37-2)34(41-6)28(10-20)38-3)33(36)21-11-29(39-4)35(42-7)30(12-21)40-5/h8-14,16,32-33H,1,15,17-18H2,2-7H3. The van der Waals surface area contributed by atoms with E-state index >= 15 is 0 Å². The highest BCUT2D eigenvalue weighted by atomic mass is 16.7. The van der Waals surface area contributed by atoms with Gasteiger partial charge in [0, 0.05) is 17.3 Å². The smallest absolute Gasteiger partial charge is 0.231 e. The van der Waals surface area contributed by atoms with Gasteiger partial charge in [0.15, 0.2) is 46.0 Å². The van der Waals surface area contributed by atoms with E-state index in [1.54, 1.807) is 42.7 Å². The van der Waals surface area contributed by atoms with E-state index in [0.717, 1.165) is 27.8 Å². The quantitative estimate of drug-likeness (QED) is 0.284. The summed E-state index contributed by atoms with van der Waals surface area (Å²) in [5.41, 5.74) is 4.19. The summed E-state index contributed by atoms with van der Waals surface area (Å²) < 4.78 is 58.4. The van der Waals surface area contributed by atoms with Crippen molar-refractivity contribution in [3.63, 3.8) is 0 Å². The average molecular weight is 629 g/mol. The summed E-state index contributed by atoms with van der Waals surface area (Å²) in [5.74, 6) is 5.30. The number of allylic oxidation sites excluding steroid dienone is 3. The zero-order valence-corrected chi connectivity index (χ0v) is 26.7. The molecule has 0 aromatic heterocycles. The first-order valence-corrected chi connectivity index (χ1v) is 14.8. The molecule has 1 spiro atoms. The summed E-state index contributed by atoms with van der Waals surface area (Å²) >= 11 is 0. The molecule has 0 N–H and O–H groups in total. The lowest BCUT2D eigenvalue weighted by Crippen LogP contribution is -2.40. The Morgan fingerprint density at radius 3 is 1.72 bits per heavy atom. The molecule has 10 nitrogen and oxygen atoms in total. The van der Waals surface area contributed by atoms with Crippen LogP contribution in [0.3, 0.4) is 0 Å². The third-order valence-electron chi connectivity index (χ3n) is 9.40. The van der Waals surface area contributed by atoms with Gasteiger partial charge in [0.05, 0.1) is 42.7 Å². The molecule has 7 rings (SSSR count). The van der Waals surface area contributed by atoms with Gasteiger partial charge < -0.3 is 47.4 Å². The minimum absolute atomic E-state index is 0.140. The fourth-order valence-corrected chi connectivity index (χ4v) is 7.37. The van der Waals surface area contributed by atoms with Crippen LogP contribution in [0.25, 0.3) is 0 Å². The van der Waals surface area contributed by atoms with Gasteiger partial charge in [0.25, 0.3) is 0 Å². The van der Waals surface area contributed by atoms with Crippen LogP contribution in [0.15, 0.2) is 72.2 Å². The maximum atomic E-state index is 6.01. The van der Waals surface area contributed by atoms with E-state index in [9.17, 15) is 0 Å². The maximum Gasteiger partial charge on any atom is 0.231 e. The number of benzene rings is 3. The SMILES string of the molecule is C=C1C=C2OCOC2=CC12Cc1cc3c(cc1C(c1cc(OC)c(OC)c(OC)c1)C2c1cc(OC)c(OC)c(OC)c1)OCO3. The Balaban J connectivity index is 1.58. The maximum absolute atomic E-state index is 6.01. The monoisotopic (exact) mass is 628 g/mol. The third-order valence-corrected chi connectivity index (χ3v) is 9.40. The molecule has 0 bridgehead atoms. The van der Waals surface area contributed by atoms with Crippen LogP contribution in [-0.4, -0.2) is 56.2 Å². The highest BCUT2D eigenvalue weighted by Crippen LogP contribution is 2.63. The van der Waals surface area contributed by atoms with Crippen LogP contribution in [0.4, 0.5) is 0 Å². The molecule has 2 heterocycles. The lowest BCUT2D eigenvalue weighted by Gasteiger charge is -2.50. The number of fused-ring (bicyclic) bond motifs is 3. The largest absolute Gasteiger partial charge is 0.493 e. The Bertz CT molecular complexity index is 1740. The summed E-state index contributed by atoms with van der Waals surface area (Å²) in [6.07, 6.45) is 4.73. The Morgan fingerprint density at radius 2 is 1.15 bits per heavy atom. The molecule has 3 aromatic carbocycles. The van der Waals surface area contributed by atoms with Crippen LogP contribution in [-0.2, 0) is 15.9 Å². The molecule has 3 unspecified atom stereocenters. The van der Waals surface area contributed by atoms with Gasteiger partial charge in [0.1, 0.15) is 0 Å². The molecule has 46 heavy (non-hydrogen) atoms. The second-order valence-electron chi connectivity index (χ2n) is 11.4. The molecule has 3 atom stereocenters. The first kappa shape index (κ1) is 29.6. The molecule has 1 fully saturated rings. The summed E-state index contributed by atoms with van der Waals surface area (Å²) in [4.78, 5) is 0. The molecule has 3 aromatic rings. The topological polar surface area (TPSA) is 92.3 Å². The number of hydrogen-bond acceptors (Lipinski definition) is 10. The second kappa shape index (κ2) is 11.3. The van der Waals surface area contributed by atoms with Crippen LogP contribution in [0.5, 0.6) is 46.0 Å². The van der Waals surface area contributed by atoms with E-state index < -0.39 is 5.41 Å². The Hall–Kier alpha value is -5.12. The van der Waals surface area contributed by atoms with Crippen molar-refractivity contribution in [3.05, 3.63) is 94.5 Å². The van der Waals surface area contributed by atoms with E-state index in [1.807, 2.05) is 30.3 Å². The van der Waals surface area contributed by atoms with Crippen LogP contribution >= 0.6 is 0 Å². The van der Waals surface area contributed by atoms with Crippen molar-refractivity contribution >= 4 is 0 Å². The highest BCUT2D eigenvalue weighted by Gasteiger charge is 2.52. The van der Waals surface area contributed by atoms with Crippen molar-refractivity contribution in [1.29, 1.82) is 0 Å². The second-order valence-corrected chi connectivity index (χ2v) is 11.4. The van der Waals surface area contributed by atoms with Gasteiger partial charge in [-0.3, -0.25) is 0 Å². The molecular weight excluding hydrogens is 592 g/mol. The number of methoxy groups -OCH3 is 6. The first-order chi connectivity index (χ1) is 22.4. The lowest BCUT2D eigenvalue weighted by atomic mass is 9.53. The summed E-state index contributed by atoms with van der Waals surface area (Å²) in [5, 5.41) is 0. The first-order valence-electron chi connectivity index (χ1n) is 14.8. The van der Waals surface area contributed by atoms with Gasteiger partial charge in [-0.2, -0.15) is 0 Å². The van der Waals surface area contributed by atoms with Crippen LogP contribution in [0, 0.1) is 5.41 Å². The van der Waals surface area contributed by atoms with Gasteiger partial charge in [-0.15, -0.1) is 0 Å². The van der Waals surface area contributed by atoms with Gasteiger partial charge >= 0.3 is 0 Å². The van der Waals surface area contributed by atoms with Crippen molar-refractivity contribution < 1.29 is 47.4 Å². The molecule has 240 valence electrons. The molecule has 2 aliphatic carbocycles. The summed E-state index contributed by atoms with van der Waals surface area (Å²) in [6, 6.07) is 12.2. The molecular formula is C36H36O10. The molecule has 0 amide bonds. The van der Waals surface area contributed by atoms with E-state index in [4.69, 9.17) is 47.4 Å². The number of rotatable bonds is 8. The third kappa shape index (κ3) is 4.38. The normalized spacial score (nSPS) is 22.1. The number of ether oxygens (including phenoxy) is 10. The molecule has 4 aliphatic rings. The van der Waals surface area contributed by atoms with Gasteiger partial charge in [-0.05, 0) is 82.8 Å². The fourth-order valence-electron chi connectivity index (χ4n) is 7.37. The number of hydrogen-bond donors (Lipinski definition) is 0. The zero-order chi connectivity index (χ0) is 32.2. The Morgan fingerprint density at radius 1 is 0.630 bits per heavy atom. The van der Waals surface area contributed by atoms with Crippen LogP contribution in [0.1, 0.15) is 34.1 Å². The van der Waals surface area contributed by atoms with E-state index in [1.165, 1.54) is 0 Å². The molecule has 0 saturated carbocycles. The predicted octanol–water partition coefficient (Wildman–Crippen LogP) is 6.27. The fraction of sp³-hybridized carbons (Fsp3) is 0.333. The minimum atomic E-state index is -0.692.